The predicted octanol–water partition coefficient (Wildman–Crippen LogP) is 4.72. The fourth-order valence-electron chi connectivity index (χ4n) is 1.54. The summed E-state index contributed by atoms with van der Waals surface area (Å²) in [7, 11) is 0. The summed E-state index contributed by atoms with van der Waals surface area (Å²) in [6.07, 6.45) is 0. The molecule has 0 bridgehead atoms. The summed E-state index contributed by atoms with van der Waals surface area (Å²) in [6, 6.07) is 7.63. The highest BCUT2D eigenvalue weighted by Gasteiger charge is 2.13. The summed E-state index contributed by atoms with van der Waals surface area (Å²) in [5.74, 6) is -1.62. The smallest absolute Gasteiger partial charge is 0.166 e. The molecule has 0 atom stereocenters. The van der Waals surface area contributed by atoms with Crippen molar-refractivity contribution in [3.05, 3.63) is 58.1 Å². The van der Waals surface area contributed by atoms with Crippen LogP contribution in [-0.4, -0.2) is 5.78 Å². The van der Waals surface area contributed by atoms with Crippen molar-refractivity contribution >= 4 is 21.7 Å². The molecule has 0 spiro atoms. The van der Waals surface area contributed by atoms with Gasteiger partial charge >= 0.3 is 0 Å². The highest BCUT2D eigenvalue weighted by molar-refractivity contribution is 9.10. The fourth-order valence-corrected chi connectivity index (χ4v) is 1.90. The molecule has 0 heterocycles. The van der Waals surface area contributed by atoms with Crippen LogP contribution in [0.2, 0.25) is 0 Å². The number of ketones is 1. The maximum atomic E-state index is 13.5. The van der Waals surface area contributed by atoms with Gasteiger partial charge in [-0.15, -0.1) is 0 Å². The first-order valence-corrected chi connectivity index (χ1v) is 6.20. The van der Waals surface area contributed by atoms with Crippen LogP contribution in [0.1, 0.15) is 17.3 Å². The topological polar surface area (TPSA) is 26.3 Å². The molecule has 2 aromatic carbocycles. The van der Waals surface area contributed by atoms with Crippen LogP contribution < -0.4 is 4.74 Å². The molecule has 0 aliphatic heterocycles. The molecule has 0 aromatic heterocycles. The summed E-state index contributed by atoms with van der Waals surface area (Å²) in [4.78, 5) is 11.5. The molecule has 0 saturated carbocycles. The van der Waals surface area contributed by atoms with Gasteiger partial charge in [0.15, 0.2) is 17.3 Å². The van der Waals surface area contributed by atoms with Crippen molar-refractivity contribution in [2.45, 2.75) is 6.92 Å². The van der Waals surface area contributed by atoms with E-state index in [1.54, 1.807) is 12.1 Å². The predicted molar refractivity (Wildman–Crippen MR) is 70.6 cm³/mol. The van der Waals surface area contributed by atoms with Crippen molar-refractivity contribution in [3.63, 3.8) is 0 Å². The zero-order chi connectivity index (χ0) is 14.0. The lowest BCUT2D eigenvalue weighted by molar-refractivity contribution is 0.101. The third-order valence-electron chi connectivity index (χ3n) is 2.43. The van der Waals surface area contributed by atoms with E-state index in [1.807, 2.05) is 0 Å². The molecule has 19 heavy (non-hydrogen) atoms. The maximum absolute atomic E-state index is 13.5. The van der Waals surface area contributed by atoms with E-state index in [0.29, 0.717) is 4.47 Å². The summed E-state index contributed by atoms with van der Waals surface area (Å²) < 4.78 is 32.5. The normalized spacial score (nSPS) is 10.3. The van der Waals surface area contributed by atoms with Gasteiger partial charge in [0.2, 0.25) is 0 Å². The Balaban J connectivity index is 2.43. The Morgan fingerprint density at radius 1 is 1.11 bits per heavy atom. The molecular formula is C14H9BrF2O2. The van der Waals surface area contributed by atoms with E-state index >= 15 is 0 Å². The Morgan fingerprint density at radius 3 is 2.53 bits per heavy atom. The summed E-state index contributed by atoms with van der Waals surface area (Å²) in [6.45, 7) is 1.37. The van der Waals surface area contributed by atoms with Crippen molar-refractivity contribution in [1.82, 2.24) is 0 Å². The third-order valence-corrected chi connectivity index (χ3v) is 2.93. The summed E-state index contributed by atoms with van der Waals surface area (Å²) >= 11 is 3.23. The van der Waals surface area contributed by atoms with Gasteiger partial charge < -0.3 is 4.74 Å². The van der Waals surface area contributed by atoms with E-state index in [-0.39, 0.29) is 22.8 Å². The average molecular weight is 327 g/mol. The molecule has 5 heteroatoms. The molecule has 0 saturated heterocycles. The van der Waals surface area contributed by atoms with Gasteiger partial charge in [0.05, 0.1) is 5.56 Å². The van der Waals surface area contributed by atoms with Gasteiger partial charge in [-0.1, -0.05) is 15.9 Å². The van der Waals surface area contributed by atoms with Crippen LogP contribution in [0.4, 0.5) is 8.78 Å². The van der Waals surface area contributed by atoms with E-state index in [0.717, 1.165) is 18.2 Å². The monoisotopic (exact) mass is 326 g/mol. The number of carbonyl (C=O) groups is 1. The Kier molecular flexibility index (Phi) is 3.95. The van der Waals surface area contributed by atoms with Crippen molar-refractivity contribution < 1.29 is 18.3 Å². The van der Waals surface area contributed by atoms with Crippen LogP contribution >= 0.6 is 15.9 Å². The summed E-state index contributed by atoms with van der Waals surface area (Å²) in [5.41, 5.74) is 0.290. The first kappa shape index (κ1) is 13.7. The van der Waals surface area contributed by atoms with Gasteiger partial charge in [0, 0.05) is 10.5 Å². The van der Waals surface area contributed by atoms with Crippen molar-refractivity contribution in [3.8, 4) is 11.5 Å². The van der Waals surface area contributed by atoms with Gasteiger partial charge in [-0.25, -0.2) is 8.78 Å². The average Bonchev–Trinajstić information content (AvgIpc) is 2.35. The second-order valence-electron chi connectivity index (χ2n) is 3.87. The minimum Gasteiger partial charge on any atom is -0.453 e. The van der Waals surface area contributed by atoms with Crippen LogP contribution in [-0.2, 0) is 0 Å². The maximum Gasteiger partial charge on any atom is 0.166 e. The standard InChI is InChI=1S/C14H9BrF2O2/c1-8(18)11-6-9(15)2-5-13(11)19-14-7-10(16)3-4-12(14)17/h2-7H,1H3. The molecule has 0 aliphatic rings. The minimum atomic E-state index is -0.696. The highest BCUT2D eigenvalue weighted by Crippen LogP contribution is 2.30. The lowest BCUT2D eigenvalue weighted by atomic mass is 10.1. The molecule has 0 N–H and O–H groups in total. The number of Topliss-reactive ketones (excluding diaryl/α,β-unsaturated/α-hetero) is 1. The quantitative estimate of drug-likeness (QED) is 0.763. The van der Waals surface area contributed by atoms with Gasteiger partial charge in [0.1, 0.15) is 11.6 Å². The molecule has 0 fully saturated rings. The Labute approximate surface area is 117 Å². The highest BCUT2D eigenvalue weighted by atomic mass is 79.9. The van der Waals surface area contributed by atoms with Crippen molar-refractivity contribution in [2.75, 3.05) is 0 Å². The number of hydrogen-bond acceptors (Lipinski definition) is 2. The first-order valence-electron chi connectivity index (χ1n) is 5.41. The van der Waals surface area contributed by atoms with Crippen LogP contribution in [0.25, 0.3) is 0 Å². The van der Waals surface area contributed by atoms with Crippen LogP contribution in [0.5, 0.6) is 11.5 Å². The molecule has 2 nitrogen and oxygen atoms in total. The van der Waals surface area contributed by atoms with E-state index < -0.39 is 11.6 Å². The van der Waals surface area contributed by atoms with Crippen LogP contribution in [0.3, 0.4) is 0 Å². The Bertz CT molecular complexity index is 641. The molecule has 0 unspecified atom stereocenters. The van der Waals surface area contributed by atoms with Crippen molar-refractivity contribution in [2.24, 2.45) is 0 Å². The second-order valence-corrected chi connectivity index (χ2v) is 4.79. The lowest BCUT2D eigenvalue weighted by Crippen LogP contribution is -1.98. The van der Waals surface area contributed by atoms with Crippen LogP contribution in [0.15, 0.2) is 40.9 Å². The molecule has 0 aliphatic carbocycles. The number of hydrogen-bond donors (Lipinski definition) is 0. The lowest BCUT2D eigenvalue weighted by Gasteiger charge is -2.10. The van der Waals surface area contributed by atoms with Gasteiger partial charge in [-0.2, -0.15) is 0 Å². The van der Waals surface area contributed by atoms with Gasteiger partial charge in [-0.3, -0.25) is 4.79 Å². The zero-order valence-corrected chi connectivity index (χ0v) is 11.5. The van der Waals surface area contributed by atoms with E-state index in [9.17, 15) is 13.6 Å². The Morgan fingerprint density at radius 2 is 1.84 bits per heavy atom. The molecule has 2 rings (SSSR count). The molecule has 0 amide bonds. The number of rotatable bonds is 3. The number of carbonyl (C=O) groups excluding carboxylic acids is 1. The summed E-state index contributed by atoms with van der Waals surface area (Å²) in [5, 5.41) is 0. The molecule has 98 valence electrons. The van der Waals surface area contributed by atoms with E-state index in [1.165, 1.54) is 13.0 Å². The van der Waals surface area contributed by atoms with E-state index in [2.05, 4.69) is 15.9 Å². The second kappa shape index (κ2) is 5.48. The van der Waals surface area contributed by atoms with Gasteiger partial charge in [0.25, 0.3) is 0 Å². The van der Waals surface area contributed by atoms with Crippen molar-refractivity contribution in [1.29, 1.82) is 0 Å². The zero-order valence-electron chi connectivity index (χ0n) is 9.91. The Hall–Kier alpha value is -1.75. The fraction of sp³-hybridized carbons (Fsp3) is 0.0714. The number of ether oxygens (including phenoxy) is 1. The molecular weight excluding hydrogens is 318 g/mol. The SMILES string of the molecule is CC(=O)c1cc(Br)ccc1Oc1cc(F)ccc1F. The third kappa shape index (κ3) is 3.17. The minimum absolute atomic E-state index is 0.181. The number of halogens is 3. The largest absolute Gasteiger partial charge is 0.453 e. The van der Waals surface area contributed by atoms with Crippen LogP contribution in [0, 0.1) is 11.6 Å². The molecule has 2 aromatic rings. The van der Waals surface area contributed by atoms with E-state index in [4.69, 9.17) is 4.74 Å². The van der Waals surface area contributed by atoms with Gasteiger partial charge in [-0.05, 0) is 37.3 Å². The number of benzene rings is 2. The molecule has 0 radical (unpaired) electrons. The first-order chi connectivity index (χ1) is 8.97.